The van der Waals surface area contributed by atoms with E-state index in [4.69, 9.17) is 4.74 Å². The van der Waals surface area contributed by atoms with Crippen LogP contribution < -0.4 is 10.2 Å². The zero-order valence-electron chi connectivity index (χ0n) is 15.3. The molecule has 0 spiro atoms. The number of carbonyl (C=O) groups is 1. The van der Waals surface area contributed by atoms with Crippen molar-refractivity contribution < 1.29 is 14.6 Å². The van der Waals surface area contributed by atoms with E-state index in [1.807, 2.05) is 13.0 Å². The van der Waals surface area contributed by atoms with Crippen LogP contribution in [0.5, 0.6) is 11.5 Å². The number of rotatable bonds is 6. The lowest BCUT2D eigenvalue weighted by Gasteiger charge is -2.18. The lowest BCUT2D eigenvalue weighted by Crippen LogP contribution is -2.25. The first-order valence-electron chi connectivity index (χ1n) is 8.23. The molecule has 0 fully saturated rings. The van der Waals surface area contributed by atoms with Gasteiger partial charge in [0.15, 0.2) is 6.61 Å². The summed E-state index contributed by atoms with van der Waals surface area (Å²) in [6.07, 6.45) is 1.48. The topological polar surface area (TPSA) is 70.9 Å². The highest BCUT2D eigenvalue weighted by Crippen LogP contribution is 2.40. The largest absolute Gasteiger partial charge is 0.506 e. The SMILES string of the molecule is Cc1c(Br)cc(C(C)C)c(OCC(=O)NN=Cc2cc(Br)c(O)c(Br)c2)c1Br. The van der Waals surface area contributed by atoms with Crippen LogP contribution in [0, 0.1) is 6.92 Å². The number of phenols is 1. The number of nitrogens with zero attached hydrogens (tertiary/aromatic N) is 1. The molecule has 0 heterocycles. The molecule has 0 aliphatic heterocycles. The summed E-state index contributed by atoms with van der Waals surface area (Å²) >= 11 is 13.6. The van der Waals surface area contributed by atoms with Crippen molar-refractivity contribution in [2.45, 2.75) is 26.7 Å². The normalized spacial score (nSPS) is 11.3. The summed E-state index contributed by atoms with van der Waals surface area (Å²) in [5.74, 6) is 0.609. The van der Waals surface area contributed by atoms with Crippen LogP contribution in [-0.2, 0) is 4.79 Å². The Morgan fingerprint density at radius 2 is 1.79 bits per heavy atom. The van der Waals surface area contributed by atoms with Crippen LogP contribution >= 0.6 is 63.7 Å². The fraction of sp³-hybridized carbons (Fsp3) is 0.263. The van der Waals surface area contributed by atoms with E-state index in [9.17, 15) is 9.90 Å². The van der Waals surface area contributed by atoms with Gasteiger partial charge in [-0.25, -0.2) is 5.43 Å². The van der Waals surface area contributed by atoms with Gasteiger partial charge in [0.05, 0.1) is 19.6 Å². The van der Waals surface area contributed by atoms with E-state index in [1.54, 1.807) is 12.1 Å². The summed E-state index contributed by atoms with van der Waals surface area (Å²) in [6.45, 7) is 5.92. The maximum atomic E-state index is 12.1. The maximum absolute atomic E-state index is 12.1. The zero-order chi connectivity index (χ0) is 21.0. The van der Waals surface area contributed by atoms with E-state index in [1.165, 1.54) is 6.21 Å². The molecule has 0 aliphatic rings. The highest BCUT2D eigenvalue weighted by Gasteiger charge is 2.17. The Labute approximate surface area is 197 Å². The van der Waals surface area contributed by atoms with Crippen LogP contribution in [0.4, 0.5) is 0 Å². The Kier molecular flexibility index (Phi) is 8.54. The fourth-order valence-corrected chi connectivity index (χ4v) is 4.79. The Hall–Kier alpha value is -0.900. The highest BCUT2D eigenvalue weighted by molar-refractivity contribution is 9.11. The Bertz CT molecular complexity index is 907. The van der Waals surface area contributed by atoms with Crippen molar-refractivity contribution in [2.24, 2.45) is 5.10 Å². The average molecular weight is 642 g/mol. The number of ether oxygens (including phenoxy) is 1. The smallest absolute Gasteiger partial charge is 0.277 e. The van der Waals surface area contributed by atoms with Gasteiger partial charge >= 0.3 is 0 Å². The summed E-state index contributed by atoms with van der Waals surface area (Å²) in [5, 5.41) is 13.6. The van der Waals surface area contributed by atoms with E-state index < -0.39 is 0 Å². The number of halogens is 4. The molecule has 150 valence electrons. The molecular weight excluding hydrogens is 624 g/mol. The molecule has 0 atom stereocenters. The highest BCUT2D eigenvalue weighted by atomic mass is 79.9. The minimum absolute atomic E-state index is 0.103. The van der Waals surface area contributed by atoms with E-state index in [0.717, 1.165) is 20.1 Å². The summed E-state index contributed by atoms with van der Waals surface area (Å²) < 4.78 is 8.63. The molecule has 9 heteroatoms. The summed E-state index contributed by atoms with van der Waals surface area (Å²) in [7, 11) is 0. The van der Waals surface area contributed by atoms with Crippen molar-refractivity contribution in [3.05, 3.63) is 52.8 Å². The first-order valence-corrected chi connectivity index (χ1v) is 11.4. The summed E-state index contributed by atoms with van der Waals surface area (Å²) in [5.41, 5.74) is 5.14. The standard InChI is InChI=1S/C19H18Br4N2O3/c1-9(2)12-6-13(20)10(3)17(23)19(12)28-8-16(26)25-24-7-11-4-14(21)18(27)15(22)5-11/h4-7,9,27H,8H2,1-3H3,(H,25,26). The van der Waals surface area contributed by atoms with Crippen LogP contribution in [0.3, 0.4) is 0 Å². The van der Waals surface area contributed by atoms with Gasteiger partial charge in [-0.05, 0) is 95.5 Å². The third kappa shape index (κ3) is 5.81. The van der Waals surface area contributed by atoms with E-state index >= 15 is 0 Å². The predicted molar refractivity (Wildman–Crippen MR) is 125 cm³/mol. The number of hydrazone groups is 1. The van der Waals surface area contributed by atoms with Crippen LogP contribution in [-0.4, -0.2) is 23.8 Å². The fourth-order valence-electron chi connectivity index (χ4n) is 2.30. The van der Waals surface area contributed by atoms with Crippen molar-refractivity contribution in [3.8, 4) is 11.5 Å². The number of aromatic hydroxyl groups is 1. The van der Waals surface area contributed by atoms with Crippen molar-refractivity contribution in [1.82, 2.24) is 5.43 Å². The molecule has 2 N–H and O–H groups in total. The van der Waals surface area contributed by atoms with Gasteiger partial charge < -0.3 is 9.84 Å². The predicted octanol–water partition coefficient (Wildman–Crippen LogP) is 6.40. The second kappa shape index (κ2) is 10.2. The minimum atomic E-state index is -0.379. The van der Waals surface area contributed by atoms with Gasteiger partial charge in [0.25, 0.3) is 5.91 Å². The molecular formula is C19H18Br4N2O3. The lowest BCUT2D eigenvalue weighted by atomic mass is 10.0. The minimum Gasteiger partial charge on any atom is -0.506 e. The Morgan fingerprint density at radius 1 is 1.18 bits per heavy atom. The lowest BCUT2D eigenvalue weighted by molar-refractivity contribution is -0.123. The first kappa shape index (κ1) is 23.4. The number of nitrogens with one attached hydrogen (secondary N) is 1. The van der Waals surface area contributed by atoms with Crippen molar-refractivity contribution in [1.29, 1.82) is 0 Å². The molecule has 0 aliphatic carbocycles. The molecule has 0 aromatic heterocycles. The second-order valence-electron chi connectivity index (χ2n) is 6.29. The Morgan fingerprint density at radius 3 is 2.36 bits per heavy atom. The van der Waals surface area contributed by atoms with Gasteiger partial charge in [-0.2, -0.15) is 5.10 Å². The number of phenolic OH excluding ortho intramolecular Hbond substituents is 1. The van der Waals surface area contributed by atoms with Gasteiger partial charge in [0.1, 0.15) is 11.5 Å². The van der Waals surface area contributed by atoms with Gasteiger partial charge in [-0.3, -0.25) is 4.79 Å². The molecule has 5 nitrogen and oxygen atoms in total. The van der Waals surface area contributed by atoms with Crippen molar-refractivity contribution in [3.63, 3.8) is 0 Å². The van der Waals surface area contributed by atoms with Gasteiger partial charge in [0, 0.05) is 4.47 Å². The van der Waals surface area contributed by atoms with Gasteiger partial charge in [-0.15, -0.1) is 0 Å². The van der Waals surface area contributed by atoms with Crippen LogP contribution in [0.15, 0.2) is 41.2 Å². The van der Waals surface area contributed by atoms with E-state index in [2.05, 4.69) is 88.1 Å². The number of hydrogen-bond acceptors (Lipinski definition) is 4. The molecule has 1 amide bonds. The van der Waals surface area contributed by atoms with Crippen molar-refractivity contribution >= 4 is 75.8 Å². The molecule has 2 rings (SSSR count). The van der Waals surface area contributed by atoms with Gasteiger partial charge in [-0.1, -0.05) is 29.8 Å². The van der Waals surface area contributed by atoms with Crippen LogP contribution in [0.1, 0.15) is 36.5 Å². The molecule has 0 radical (unpaired) electrons. The van der Waals surface area contributed by atoms with E-state index in [-0.39, 0.29) is 24.2 Å². The molecule has 28 heavy (non-hydrogen) atoms. The zero-order valence-corrected chi connectivity index (χ0v) is 21.7. The number of carbonyl (C=O) groups excluding carboxylic acids is 1. The quantitative estimate of drug-likeness (QED) is 0.283. The molecule has 2 aromatic rings. The maximum Gasteiger partial charge on any atom is 0.277 e. The third-order valence-electron chi connectivity index (χ3n) is 3.84. The molecule has 0 unspecified atom stereocenters. The van der Waals surface area contributed by atoms with Crippen LogP contribution in [0.25, 0.3) is 0 Å². The third-order valence-corrected chi connectivity index (χ3v) is 6.83. The molecule has 2 aromatic carbocycles. The number of hydrogen-bond donors (Lipinski definition) is 2. The molecule has 0 saturated carbocycles. The Balaban J connectivity index is 2.04. The summed E-state index contributed by atoms with van der Waals surface area (Å²) in [4.78, 5) is 12.1. The second-order valence-corrected chi connectivity index (χ2v) is 9.64. The number of benzene rings is 2. The number of amides is 1. The van der Waals surface area contributed by atoms with E-state index in [0.29, 0.717) is 20.3 Å². The monoisotopic (exact) mass is 638 g/mol. The average Bonchev–Trinajstić information content (AvgIpc) is 2.63. The van der Waals surface area contributed by atoms with Crippen LogP contribution in [0.2, 0.25) is 0 Å². The molecule has 0 bridgehead atoms. The summed E-state index contributed by atoms with van der Waals surface area (Å²) in [6, 6.07) is 5.38. The van der Waals surface area contributed by atoms with Crippen molar-refractivity contribution in [2.75, 3.05) is 6.61 Å². The first-order chi connectivity index (χ1) is 13.1. The molecule has 0 saturated heterocycles. The van der Waals surface area contributed by atoms with Gasteiger partial charge in [0.2, 0.25) is 0 Å².